The summed E-state index contributed by atoms with van der Waals surface area (Å²) in [6, 6.07) is 7.56. The molecule has 1 amide bonds. The van der Waals surface area contributed by atoms with Gasteiger partial charge in [0, 0.05) is 37.7 Å². The van der Waals surface area contributed by atoms with E-state index < -0.39 is 0 Å². The lowest BCUT2D eigenvalue weighted by Gasteiger charge is -2.31. The molecule has 1 aromatic carbocycles. The first kappa shape index (κ1) is 16.4. The largest absolute Gasteiger partial charge is 0.439 e. The van der Waals surface area contributed by atoms with E-state index in [1.54, 1.807) is 25.1 Å². The summed E-state index contributed by atoms with van der Waals surface area (Å²) in [5.41, 5.74) is 0.803. The number of aryl methyl sites for hydroxylation is 1. The van der Waals surface area contributed by atoms with Gasteiger partial charge in [0.2, 0.25) is 11.8 Å². The molecule has 1 atom stereocenters. The standard InChI is InChI=1S/C18H20FN3O2/c1-12-10-17(24-16-7-5-15(19)6-8-16)21-18(20-12)14-4-3-9-22(11-14)13(2)23/h5-8,10,14H,3-4,9,11H2,1-2H3/t14-/m0/s1. The number of hydrogen-bond donors (Lipinski definition) is 0. The number of hydrogen-bond acceptors (Lipinski definition) is 4. The third-order valence-electron chi connectivity index (χ3n) is 4.12. The van der Waals surface area contributed by atoms with E-state index in [2.05, 4.69) is 9.97 Å². The van der Waals surface area contributed by atoms with Gasteiger partial charge in [-0.05, 0) is 44.0 Å². The highest BCUT2D eigenvalue weighted by molar-refractivity contribution is 5.73. The molecule has 2 heterocycles. The zero-order valence-electron chi connectivity index (χ0n) is 13.8. The van der Waals surface area contributed by atoms with Crippen LogP contribution in [0.25, 0.3) is 0 Å². The SMILES string of the molecule is CC(=O)N1CCC[C@H](c2nc(C)cc(Oc3ccc(F)cc3)n2)C1. The van der Waals surface area contributed by atoms with Crippen LogP contribution in [0.3, 0.4) is 0 Å². The van der Waals surface area contributed by atoms with Crippen molar-refractivity contribution in [2.75, 3.05) is 13.1 Å². The minimum Gasteiger partial charge on any atom is -0.439 e. The number of benzene rings is 1. The molecule has 1 aromatic heterocycles. The summed E-state index contributed by atoms with van der Waals surface area (Å²) in [6.45, 7) is 4.89. The smallest absolute Gasteiger partial charge is 0.222 e. The Morgan fingerprint density at radius 2 is 2.04 bits per heavy atom. The number of nitrogens with zero attached hydrogens (tertiary/aromatic N) is 3. The van der Waals surface area contributed by atoms with Crippen molar-refractivity contribution >= 4 is 5.91 Å². The van der Waals surface area contributed by atoms with E-state index >= 15 is 0 Å². The predicted octanol–water partition coefficient (Wildman–Crippen LogP) is 3.44. The monoisotopic (exact) mass is 329 g/mol. The Morgan fingerprint density at radius 1 is 1.29 bits per heavy atom. The number of likely N-dealkylation sites (tertiary alicyclic amines) is 1. The summed E-state index contributed by atoms with van der Waals surface area (Å²) in [4.78, 5) is 22.5. The lowest BCUT2D eigenvalue weighted by molar-refractivity contribution is -0.130. The maximum absolute atomic E-state index is 13.0. The Bertz CT molecular complexity index is 734. The average molecular weight is 329 g/mol. The molecule has 0 aliphatic carbocycles. The molecule has 0 radical (unpaired) electrons. The minimum absolute atomic E-state index is 0.0788. The molecule has 1 saturated heterocycles. The molecule has 5 nitrogen and oxygen atoms in total. The quantitative estimate of drug-likeness (QED) is 0.865. The molecule has 24 heavy (non-hydrogen) atoms. The molecule has 1 aliphatic rings. The molecular weight excluding hydrogens is 309 g/mol. The van der Waals surface area contributed by atoms with Gasteiger partial charge < -0.3 is 9.64 Å². The number of halogens is 1. The third-order valence-corrected chi connectivity index (χ3v) is 4.12. The molecule has 0 spiro atoms. The molecular formula is C18H20FN3O2. The van der Waals surface area contributed by atoms with Crippen LogP contribution in [0.1, 0.15) is 37.2 Å². The van der Waals surface area contributed by atoms with Crippen LogP contribution in [0.15, 0.2) is 30.3 Å². The van der Waals surface area contributed by atoms with Crippen LogP contribution in [0, 0.1) is 12.7 Å². The van der Waals surface area contributed by atoms with E-state index in [1.165, 1.54) is 12.1 Å². The normalized spacial score (nSPS) is 17.6. The van der Waals surface area contributed by atoms with E-state index in [-0.39, 0.29) is 17.6 Å². The van der Waals surface area contributed by atoms with Gasteiger partial charge in [0.05, 0.1) is 0 Å². The van der Waals surface area contributed by atoms with Crippen molar-refractivity contribution in [2.45, 2.75) is 32.6 Å². The van der Waals surface area contributed by atoms with Crippen LogP contribution in [0.2, 0.25) is 0 Å². The van der Waals surface area contributed by atoms with Gasteiger partial charge in [-0.25, -0.2) is 9.37 Å². The Morgan fingerprint density at radius 3 is 2.75 bits per heavy atom. The van der Waals surface area contributed by atoms with E-state index in [0.717, 1.165) is 25.1 Å². The fraction of sp³-hybridized carbons (Fsp3) is 0.389. The highest BCUT2D eigenvalue weighted by Gasteiger charge is 2.25. The molecule has 0 unspecified atom stereocenters. The maximum Gasteiger partial charge on any atom is 0.222 e. The topological polar surface area (TPSA) is 55.3 Å². The number of carbonyl (C=O) groups excluding carboxylic acids is 1. The highest BCUT2D eigenvalue weighted by Crippen LogP contribution is 2.27. The Labute approximate surface area is 140 Å². The summed E-state index contributed by atoms with van der Waals surface area (Å²) in [5.74, 6) is 1.53. The molecule has 0 N–H and O–H groups in total. The zero-order valence-corrected chi connectivity index (χ0v) is 13.8. The van der Waals surface area contributed by atoms with Gasteiger partial charge in [-0.3, -0.25) is 4.79 Å². The number of amides is 1. The van der Waals surface area contributed by atoms with E-state index in [9.17, 15) is 9.18 Å². The fourth-order valence-corrected chi connectivity index (χ4v) is 2.89. The van der Waals surface area contributed by atoms with Crippen LogP contribution in [-0.2, 0) is 4.79 Å². The van der Waals surface area contributed by atoms with Gasteiger partial charge >= 0.3 is 0 Å². The summed E-state index contributed by atoms with van der Waals surface area (Å²) < 4.78 is 18.7. The fourth-order valence-electron chi connectivity index (χ4n) is 2.89. The first-order valence-electron chi connectivity index (χ1n) is 8.06. The zero-order chi connectivity index (χ0) is 17.1. The van der Waals surface area contributed by atoms with Crippen LogP contribution in [0.5, 0.6) is 11.6 Å². The molecule has 0 bridgehead atoms. The van der Waals surface area contributed by atoms with Crippen molar-refractivity contribution in [3.63, 3.8) is 0 Å². The first-order chi connectivity index (χ1) is 11.5. The first-order valence-corrected chi connectivity index (χ1v) is 8.06. The molecule has 0 saturated carbocycles. The number of aromatic nitrogens is 2. The van der Waals surface area contributed by atoms with Gasteiger partial charge in [0.15, 0.2) is 0 Å². The van der Waals surface area contributed by atoms with Gasteiger partial charge in [-0.2, -0.15) is 4.98 Å². The summed E-state index contributed by atoms with van der Waals surface area (Å²) >= 11 is 0. The number of rotatable bonds is 3. The van der Waals surface area contributed by atoms with Gasteiger partial charge in [0.1, 0.15) is 17.4 Å². The Hall–Kier alpha value is -2.50. The predicted molar refractivity (Wildman–Crippen MR) is 87.5 cm³/mol. The molecule has 126 valence electrons. The summed E-state index contributed by atoms with van der Waals surface area (Å²) in [7, 11) is 0. The second kappa shape index (κ2) is 6.95. The molecule has 3 rings (SSSR count). The van der Waals surface area contributed by atoms with Crippen molar-refractivity contribution < 1.29 is 13.9 Å². The van der Waals surface area contributed by atoms with Crippen molar-refractivity contribution in [3.8, 4) is 11.6 Å². The highest BCUT2D eigenvalue weighted by atomic mass is 19.1. The van der Waals surface area contributed by atoms with Crippen LogP contribution in [0.4, 0.5) is 4.39 Å². The van der Waals surface area contributed by atoms with Gasteiger partial charge in [0.25, 0.3) is 0 Å². The van der Waals surface area contributed by atoms with Gasteiger partial charge in [-0.1, -0.05) is 0 Å². The molecule has 6 heteroatoms. The molecule has 1 aliphatic heterocycles. The van der Waals surface area contributed by atoms with Crippen molar-refractivity contribution in [2.24, 2.45) is 0 Å². The summed E-state index contributed by atoms with van der Waals surface area (Å²) in [6.07, 6.45) is 1.89. The molecule has 2 aromatic rings. The van der Waals surface area contributed by atoms with Crippen molar-refractivity contribution in [3.05, 3.63) is 47.7 Å². The van der Waals surface area contributed by atoms with E-state index in [0.29, 0.717) is 24.0 Å². The van der Waals surface area contributed by atoms with Crippen LogP contribution >= 0.6 is 0 Å². The Balaban J connectivity index is 1.80. The molecule has 1 fully saturated rings. The third kappa shape index (κ3) is 3.88. The number of ether oxygens (including phenoxy) is 1. The van der Waals surface area contributed by atoms with E-state index in [1.807, 2.05) is 11.8 Å². The second-order valence-electron chi connectivity index (χ2n) is 6.07. The lowest BCUT2D eigenvalue weighted by atomic mass is 9.97. The van der Waals surface area contributed by atoms with Gasteiger partial charge in [-0.15, -0.1) is 0 Å². The van der Waals surface area contributed by atoms with Crippen molar-refractivity contribution in [1.29, 1.82) is 0 Å². The van der Waals surface area contributed by atoms with Crippen molar-refractivity contribution in [1.82, 2.24) is 14.9 Å². The minimum atomic E-state index is -0.312. The number of carbonyl (C=O) groups is 1. The lowest BCUT2D eigenvalue weighted by Crippen LogP contribution is -2.38. The average Bonchev–Trinajstić information content (AvgIpc) is 2.56. The Kier molecular flexibility index (Phi) is 4.74. The van der Waals surface area contributed by atoms with E-state index in [4.69, 9.17) is 4.74 Å². The summed E-state index contributed by atoms with van der Waals surface area (Å²) in [5, 5.41) is 0. The number of piperidine rings is 1. The maximum atomic E-state index is 13.0. The second-order valence-corrected chi connectivity index (χ2v) is 6.07. The van der Waals surface area contributed by atoms with Crippen LogP contribution < -0.4 is 4.74 Å². The van der Waals surface area contributed by atoms with Crippen LogP contribution in [-0.4, -0.2) is 33.9 Å².